The molecule has 2 amide bonds. The van der Waals surface area contributed by atoms with Crippen LogP contribution >= 0.6 is 0 Å². The molecule has 1 aliphatic heterocycles. The summed E-state index contributed by atoms with van der Waals surface area (Å²) in [6, 6.07) is -0.462. The minimum atomic E-state index is -0.675. The van der Waals surface area contributed by atoms with Crippen molar-refractivity contribution in [3.05, 3.63) is 0 Å². The largest absolute Gasteiger partial charge is 0.444 e. The summed E-state index contributed by atoms with van der Waals surface area (Å²) in [5, 5.41) is 13.0. The van der Waals surface area contributed by atoms with Gasteiger partial charge < -0.3 is 15.2 Å². The molecule has 0 spiro atoms. The standard InChI is InChI=1S/C18H32N2O4/c1-18(2,3)24-17(23)20-12-14(21)11-15(20)16(22)19-13-9-7-5-4-6-8-10-13/h13-15,21H,4-12H2,1-3H3,(H,19,22)/t14-,15+/m1/s1. The lowest BCUT2D eigenvalue weighted by Crippen LogP contribution is -2.50. The molecule has 0 bridgehead atoms. The first-order valence-electron chi connectivity index (χ1n) is 9.24. The number of hydrogen-bond donors (Lipinski definition) is 2. The summed E-state index contributed by atoms with van der Waals surface area (Å²) in [5.41, 5.74) is -0.620. The number of rotatable bonds is 2. The molecule has 2 fully saturated rings. The van der Waals surface area contributed by atoms with E-state index in [1.807, 2.05) is 0 Å². The molecule has 0 unspecified atom stereocenters. The normalized spacial score (nSPS) is 26.6. The average molecular weight is 340 g/mol. The van der Waals surface area contributed by atoms with Crippen molar-refractivity contribution in [2.75, 3.05) is 6.54 Å². The molecule has 24 heavy (non-hydrogen) atoms. The van der Waals surface area contributed by atoms with Crippen LogP contribution in [0.3, 0.4) is 0 Å². The van der Waals surface area contributed by atoms with Gasteiger partial charge in [-0.15, -0.1) is 0 Å². The number of nitrogens with zero attached hydrogens (tertiary/aromatic N) is 1. The molecule has 0 radical (unpaired) electrons. The third-order valence-electron chi connectivity index (χ3n) is 4.66. The number of nitrogens with one attached hydrogen (secondary N) is 1. The molecular weight excluding hydrogens is 308 g/mol. The first kappa shape index (κ1) is 19.0. The SMILES string of the molecule is CC(C)(C)OC(=O)N1C[C@H](O)C[C@H]1C(=O)NC1CCCCCCC1. The predicted molar refractivity (Wildman–Crippen MR) is 91.6 cm³/mol. The van der Waals surface area contributed by atoms with Crippen LogP contribution in [0, 0.1) is 0 Å². The third-order valence-corrected chi connectivity index (χ3v) is 4.66. The molecule has 1 heterocycles. The fourth-order valence-corrected chi connectivity index (χ4v) is 3.48. The van der Waals surface area contributed by atoms with Crippen molar-refractivity contribution in [1.82, 2.24) is 10.2 Å². The Balaban J connectivity index is 1.96. The molecule has 2 rings (SSSR count). The van der Waals surface area contributed by atoms with Gasteiger partial charge in [-0.05, 0) is 33.6 Å². The second kappa shape index (κ2) is 8.19. The van der Waals surface area contributed by atoms with Crippen molar-refractivity contribution in [3.8, 4) is 0 Å². The van der Waals surface area contributed by atoms with Crippen LogP contribution in [0.1, 0.15) is 72.1 Å². The zero-order valence-corrected chi connectivity index (χ0v) is 15.2. The Kier molecular flexibility index (Phi) is 6.49. The van der Waals surface area contributed by atoms with Crippen molar-refractivity contribution in [2.45, 2.75) is 95.9 Å². The molecule has 2 aliphatic rings. The highest BCUT2D eigenvalue weighted by molar-refractivity contribution is 5.86. The number of aliphatic hydroxyl groups excluding tert-OH is 1. The number of likely N-dealkylation sites (tertiary alicyclic amines) is 1. The molecule has 0 aromatic heterocycles. The molecule has 138 valence electrons. The molecule has 2 atom stereocenters. The Morgan fingerprint density at radius 3 is 2.25 bits per heavy atom. The molecule has 0 aromatic rings. The summed E-state index contributed by atoms with van der Waals surface area (Å²) in [6.07, 6.45) is 7.04. The topological polar surface area (TPSA) is 78.9 Å². The van der Waals surface area contributed by atoms with Gasteiger partial charge in [0.25, 0.3) is 0 Å². The summed E-state index contributed by atoms with van der Waals surface area (Å²) in [4.78, 5) is 26.4. The number of amides is 2. The van der Waals surface area contributed by atoms with Crippen LogP contribution in [-0.2, 0) is 9.53 Å². The van der Waals surface area contributed by atoms with Crippen LogP contribution in [0.4, 0.5) is 4.79 Å². The number of carbonyl (C=O) groups is 2. The molecule has 1 saturated heterocycles. The molecule has 6 nitrogen and oxygen atoms in total. The van der Waals surface area contributed by atoms with Gasteiger partial charge in [0.1, 0.15) is 11.6 Å². The van der Waals surface area contributed by atoms with Gasteiger partial charge in [0, 0.05) is 12.5 Å². The first-order valence-corrected chi connectivity index (χ1v) is 9.24. The van der Waals surface area contributed by atoms with Crippen molar-refractivity contribution < 1.29 is 19.4 Å². The molecular formula is C18H32N2O4. The smallest absolute Gasteiger partial charge is 0.411 e. The predicted octanol–water partition coefficient (Wildman–Crippen LogP) is 2.59. The summed E-state index contributed by atoms with van der Waals surface area (Å²) in [5.74, 6) is -0.164. The van der Waals surface area contributed by atoms with Crippen molar-refractivity contribution in [3.63, 3.8) is 0 Å². The van der Waals surface area contributed by atoms with Gasteiger partial charge in [0.15, 0.2) is 0 Å². The van der Waals surface area contributed by atoms with E-state index in [-0.39, 0.29) is 24.9 Å². The molecule has 6 heteroatoms. The number of hydrogen-bond acceptors (Lipinski definition) is 4. The number of β-amino-alcohol motifs (C(OH)–C–C–N with tert-alkyl or cyclic N) is 1. The van der Waals surface area contributed by atoms with E-state index in [2.05, 4.69) is 5.32 Å². The van der Waals surface area contributed by atoms with E-state index in [1.165, 1.54) is 24.2 Å². The lowest BCUT2D eigenvalue weighted by atomic mass is 9.96. The van der Waals surface area contributed by atoms with Gasteiger partial charge in [-0.3, -0.25) is 9.69 Å². The lowest BCUT2D eigenvalue weighted by molar-refractivity contribution is -0.126. The minimum absolute atomic E-state index is 0.150. The average Bonchev–Trinajstić information content (AvgIpc) is 2.82. The van der Waals surface area contributed by atoms with Gasteiger partial charge in [-0.25, -0.2) is 4.79 Å². The van der Waals surface area contributed by atoms with E-state index in [9.17, 15) is 14.7 Å². The van der Waals surface area contributed by atoms with Crippen LogP contribution in [0.5, 0.6) is 0 Å². The Hall–Kier alpha value is -1.30. The van der Waals surface area contributed by atoms with Gasteiger partial charge in [0.2, 0.25) is 5.91 Å². The third kappa shape index (κ3) is 5.65. The summed E-state index contributed by atoms with van der Waals surface area (Å²) < 4.78 is 5.37. The highest BCUT2D eigenvalue weighted by atomic mass is 16.6. The zero-order chi connectivity index (χ0) is 17.7. The van der Waals surface area contributed by atoms with E-state index in [0.717, 1.165) is 25.7 Å². The van der Waals surface area contributed by atoms with Gasteiger partial charge in [-0.2, -0.15) is 0 Å². The van der Waals surface area contributed by atoms with Crippen LogP contribution in [0.2, 0.25) is 0 Å². The van der Waals surface area contributed by atoms with Crippen LogP contribution in [0.25, 0.3) is 0 Å². The quantitative estimate of drug-likeness (QED) is 0.810. The van der Waals surface area contributed by atoms with Crippen LogP contribution in [0.15, 0.2) is 0 Å². The minimum Gasteiger partial charge on any atom is -0.444 e. The molecule has 0 aromatic carbocycles. The van der Waals surface area contributed by atoms with Crippen molar-refractivity contribution >= 4 is 12.0 Å². The van der Waals surface area contributed by atoms with Crippen molar-refractivity contribution in [2.24, 2.45) is 0 Å². The number of ether oxygens (including phenoxy) is 1. The summed E-state index contributed by atoms with van der Waals surface area (Å²) in [7, 11) is 0. The van der Waals surface area contributed by atoms with E-state index in [1.54, 1.807) is 20.8 Å². The van der Waals surface area contributed by atoms with Crippen LogP contribution in [-0.4, -0.2) is 52.3 Å². The monoisotopic (exact) mass is 340 g/mol. The maximum absolute atomic E-state index is 12.7. The fraction of sp³-hybridized carbons (Fsp3) is 0.889. The Labute approximate surface area is 144 Å². The Morgan fingerprint density at radius 2 is 1.67 bits per heavy atom. The maximum atomic E-state index is 12.7. The summed E-state index contributed by atoms with van der Waals surface area (Å²) >= 11 is 0. The second-order valence-corrected chi connectivity index (χ2v) is 8.09. The second-order valence-electron chi connectivity index (χ2n) is 8.09. The van der Waals surface area contributed by atoms with E-state index in [0.29, 0.717) is 0 Å². The van der Waals surface area contributed by atoms with Gasteiger partial charge in [-0.1, -0.05) is 32.1 Å². The van der Waals surface area contributed by atoms with Gasteiger partial charge in [0.05, 0.1) is 12.6 Å². The van der Waals surface area contributed by atoms with E-state index < -0.39 is 23.8 Å². The van der Waals surface area contributed by atoms with E-state index >= 15 is 0 Å². The van der Waals surface area contributed by atoms with Gasteiger partial charge >= 0.3 is 6.09 Å². The number of aliphatic hydroxyl groups is 1. The Morgan fingerprint density at radius 1 is 1.08 bits per heavy atom. The van der Waals surface area contributed by atoms with E-state index in [4.69, 9.17) is 4.74 Å². The number of carbonyl (C=O) groups excluding carboxylic acids is 2. The fourth-order valence-electron chi connectivity index (χ4n) is 3.48. The Bertz CT molecular complexity index is 439. The highest BCUT2D eigenvalue weighted by Gasteiger charge is 2.41. The molecule has 1 saturated carbocycles. The molecule has 2 N–H and O–H groups in total. The first-order chi connectivity index (χ1) is 11.3. The highest BCUT2D eigenvalue weighted by Crippen LogP contribution is 2.23. The lowest BCUT2D eigenvalue weighted by Gasteiger charge is -2.29. The zero-order valence-electron chi connectivity index (χ0n) is 15.2. The van der Waals surface area contributed by atoms with Crippen molar-refractivity contribution in [1.29, 1.82) is 0 Å². The van der Waals surface area contributed by atoms with Crippen LogP contribution < -0.4 is 5.32 Å². The maximum Gasteiger partial charge on any atom is 0.411 e. The summed E-state index contributed by atoms with van der Waals surface area (Å²) in [6.45, 7) is 5.53. The molecule has 1 aliphatic carbocycles.